The Labute approximate surface area is 464 Å². The lowest BCUT2D eigenvalue weighted by Gasteiger charge is -2.28. The first-order valence-corrected chi connectivity index (χ1v) is 25.9. The summed E-state index contributed by atoms with van der Waals surface area (Å²) in [5.74, 6) is -12.1. The summed E-state index contributed by atoms with van der Waals surface area (Å²) < 4.78 is 0. The first-order valence-electron chi connectivity index (χ1n) is 24.6. The van der Waals surface area contributed by atoms with E-state index in [0.29, 0.717) is 16.5 Å². The highest BCUT2D eigenvalue weighted by Gasteiger charge is 2.35. The van der Waals surface area contributed by atoms with Crippen LogP contribution in [0.4, 0.5) is 0 Å². The van der Waals surface area contributed by atoms with E-state index in [1.165, 1.54) is 13.8 Å². The zero-order chi connectivity index (χ0) is 59.5. The molecule has 0 spiro atoms. The van der Waals surface area contributed by atoms with Gasteiger partial charge in [0, 0.05) is 54.5 Å². The number of rotatable bonds is 35. The van der Waals surface area contributed by atoms with Crippen molar-refractivity contribution in [3.05, 3.63) is 36.0 Å². The summed E-state index contributed by atoms with van der Waals surface area (Å²) in [4.78, 5) is 155. The van der Waals surface area contributed by atoms with Crippen LogP contribution in [0.15, 0.2) is 40.4 Å². The van der Waals surface area contributed by atoms with Gasteiger partial charge in [-0.15, -0.1) is 0 Å². The molecule has 2 aromatic rings. The van der Waals surface area contributed by atoms with Gasteiger partial charge in [-0.2, -0.15) is 25.3 Å². The highest BCUT2D eigenvalue weighted by atomic mass is 32.1. The van der Waals surface area contributed by atoms with E-state index in [4.69, 9.17) is 33.8 Å². The number of aromatic amines is 1. The number of para-hydroxylation sites is 1. The number of hydrogen-bond donors (Lipinski definition) is 20. The maximum atomic E-state index is 14.0. The second kappa shape index (κ2) is 34.1. The molecule has 0 fully saturated rings. The van der Waals surface area contributed by atoms with Crippen molar-refractivity contribution in [2.24, 2.45) is 38.7 Å². The number of aliphatic hydroxyl groups excluding tert-OH is 1. The number of carbonyl (C=O) groups excluding carboxylic acids is 9. The maximum absolute atomic E-state index is 14.0. The van der Waals surface area contributed by atoms with Gasteiger partial charge in [-0.1, -0.05) is 18.2 Å². The average molecular weight is 1150 g/mol. The van der Waals surface area contributed by atoms with Crippen molar-refractivity contribution in [1.82, 2.24) is 52.8 Å². The number of carboxylic acids is 2. The minimum atomic E-state index is -1.87. The van der Waals surface area contributed by atoms with Crippen molar-refractivity contribution in [2.45, 2.75) is 126 Å². The number of fused-ring (bicyclic) bond motifs is 1. The zero-order valence-electron chi connectivity index (χ0n) is 43.7. The first-order chi connectivity index (χ1) is 37.2. The zero-order valence-corrected chi connectivity index (χ0v) is 45.4. The highest BCUT2D eigenvalue weighted by Crippen LogP contribution is 2.19. The lowest BCUT2D eigenvalue weighted by atomic mass is 10.0. The summed E-state index contributed by atoms with van der Waals surface area (Å²) in [5.41, 5.74) is 28.7. The largest absolute Gasteiger partial charge is 0.481 e. The maximum Gasteiger partial charge on any atom is 0.322 e. The van der Waals surface area contributed by atoms with Crippen LogP contribution in [-0.2, 0) is 59.2 Å². The van der Waals surface area contributed by atoms with E-state index in [9.17, 15) is 63.0 Å². The number of aliphatic hydroxyl groups is 1. The van der Waals surface area contributed by atoms with Crippen LogP contribution in [0.1, 0.15) is 64.9 Å². The second-order valence-corrected chi connectivity index (χ2v) is 18.7. The molecule has 1 heterocycles. The lowest BCUT2D eigenvalue weighted by molar-refractivity contribution is -0.139. The minimum Gasteiger partial charge on any atom is -0.481 e. The Morgan fingerprint density at radius 1 is 0.570 bits per heavy atom. The number of H-pyrrole nitrogens is 1. The fraction of sp³-hybridized carbons (Fsp3) is 0.543. The molecule has 0 aliphatic heterocycles. The third-order valence-corrected chi connectivity index (χ3v) is 12.3. The molecule has 438 valence electrons. The topological polar surface area (TPSA) is 527 Å². The van der Waals surface area contributed by atoms with Crippen LogP contribution in [0, 0.1) is 0 Å². The van der Waals surface area contributed by atoms with Gasteiger partial charge in [-0.3, -0.25) is 62.7 Å². The summed E-state index contributed by atoms with van der Waals surface area (Å²) in [6.45, 7) is 2.90. The van der Waals surface area contributed by atoms with Gasteiger partial charge in [0.15, 0.2) is 11.9 Å². The molecule has 1 aromatic carbocycles. The predicted octanol–water partition coefficient (Wildman–Crippen LogP) is -6.63. The van der Waals surface area contributed by atoms with Crippen molar-refractivity contribution < 1.29 is 68.1 Å². The third kappa shape index (κ3) is 24.1. The average Bonchev–Trinajstić information content (AvgIpc) is 3.82. The fourth-order valence-electron chi connectivity index (χ4n) is 7.20. The first kappa shape index (κ1) is 67.2. The van der Waals surface area contributed by atoms with Gasteiger partial charge in [0.2, 0.25) is 53.2 Å². The lowest BCUT2D eigenvalue weighted by Crippen LogP contribution is -2.61. The van der Waals surface area contributed by atoms with Crippen molar-refractivity contribution in [3.8, 4) is 0 Å². The molecule has 79 heavy (non-hydrogen) atoms. The SMILES string of the molecule is C[C@H](NC(=O)[C@H](Cc1c[nH]c2ccccc12)NC(=O)[C@H](C)NC(=O)[C@@H](NC(=O)[C@H](CCC(=O)O)NC(=O)[C@H](CCCN=C(N)N)NC(=O)[C@H](CCCN=C(N)N)NC(=O)[C@@H](N)CS)[C@@H](C)O)C(=O)N[C@@H](CS)C(=O)NCC(=O)O. The standard InChI is InChI=1S/C46H73N17O14S2/c1-21(37(70)62-32(20-79)39(72)55-18-34(67)68)56-43(76)31(16-24-17-54-27-9-5-4-8-25(24)27)61-36(69)22(2)57-44(77)35(23(3)64)63-42(75)30(12-13-33(65)66)60-41(74)29(11-7-15-53-46(50)51)59-40(73)28(10-6-14-52-45(48)49)58-38(71)26(47)19-78/h4-5,8-9,17,21-23,26,28-32,35,54,64,78-79H,6-7,10-16,18-20,47H2,1-3H3,(H,55,72)(H,56,76)(H,57,77)(H,58,71)(H,59,73)(H,60,74)(H,61,69)(H,62,70)(H,63,75)(H,65,66)(H,67,68)(H4,48,49,52)(H4,50,51,53)/t21-,22-,23+,26-,28-,29-,30-,31-,32-,35-/m0/s1. The van der Waals surface area contributed by atoms with Crippen molar-refractivity contribution >= 4 is 113 Å². The van der Waals surface area contributed by atoms with Gasteiger partial charge >= 0.3 is 11.9 Å². The van der Waals surface area contributed by atoms with Gasteiger partial charge < -0.3 is 96.8 Å². The molecule has 0 unspecified atom stereocenters. The molecule has 9 amide bonds. The van der Waals surface area contributed by atoms with E-state index in [0.717, 1.165) is 6.92 Å². The van der Waals surface area contributed by atoms with Crippen LogP contribution in [0.3, 0.4) is 0 Å². The summed E-state index contributed by atoms with van der Waals surface area (Å²) in [6.07, 6.45) is -1.58. The number of hydrogen-bond acceptors (Lipinski definition) is 17. The van der Waals surface area contributed by atoms with Gasteiger partial charge in [0.05, 0.1) is 12.1 Å². The van der Waals surface area contributed by atoms with E-state index in [-0.39, 0.29) is 68.6 Å². The van der Waals surface area contributed by atoms with E-state index in [1.54, 1.807) is 30.5 Å². The molecule has 0 saturated heterocycles. The molecule has 0 saturated carbocycles. The molecule has 0 aliphatic carbocycles. The summed E-state index contributed by atoms with van der Waals surface area (Å²) in [5, 5.41) is 51.5. The molecule has 0 aliphatic rings. The fourth-order valence-corrected chi connectivity index (χ4v) is 7.62. The molecular weight excluding hydrogens is 1080 g/mol. The molecular formula is C46H73N17O14S2. The number of amides is 9. The van der Waals surface area contributed by atoms with Gasteiger partial charge in [-0.25, -0.2) is 0 Å². The third-order valence-electron chi connectivity index (χ3n) is 11.5. The molecule has 1 aromatic heterocycles. The normalized spacial score (nSPS) is 14.7. The molecule has 10 atom stereocenters. The Kier molecular flexibility index (Phi) is 29.0. The number of nitrogens with one attached hydrogen (secondary N) is 10. The van der Waals surface area contributed by atoms with Crippen molar-refractivity contribution in [3.63, 3.8) is 0 Å². The Morgan fingerprint density at radius 2 is 1.04 bits per heavy atom. The van der Waals surface area contributed by atoms with Crippen molar-refractivity contribution in [1.29, 1.82) is 0 Å². The minimum absolute atomic E-state index is 0.0303. The summed E-state index contributed by atoms with van der Waals surface area (Å²) in [6, 6.07) is -6.10. The smallest absolute Gasteiger partial charge is 0.322 e. The monoisotopic (exact) mass is 1150 g/mol. The summed E-state index contributed by atoms with van der Waals surface area (Å²) >= 11 is 8.06. The van der Waals surface area contributed by atoms with E-state index < -0.39 is 145 Å². The van der Waals surface area contributed by atoms with Crippen LogP contribution < -0.4 is 76.5 Å². The van der Waals surface area contributed by atoms with E-state index >= 15 is 0 Å². The van der Waals surface area contributed by atoms with Crippen LogP contribution >= 0.6 is 25.3 Å². The van der Waals surface area contributed by atoms with Crippen LogP contribution in [-0.4, -0.2) is 189 Å². The number of aliphatic carboxylic acids is 2. The molecule has 23 N–H and O–H groups in total. The van der Waals surface area contributed by atoms with Gasteiger partial charge in [-0.05, 0) is 64.5 Å². The molecule has 0 radical (unpaired) electrons. The molecule has 31 nitrogen and oxygen atoms in total. The number of benzene rings is 1. The number of carbonyl (C=O) groups is 11. The number of nitrogens with zero attached hydrogens (tertiary/aromatic N) is 2. The predicted molar refractivity (Wildman–Crippen MR) is 293 cm³/mol. The Hall–Kier alpha value is -7.91. The van der Waals surface area contributed by atoms with Gasteiger partial charge in [0.25, 0.3) is 0 Å². The van der Waals surface area contributed by atoms with E-state index in [2.05, 4.69) is 88.1 Å². The number of aromatic nitrogens is 1. The van der Waals surface area contributed by atoms with Crippen LogP contribution in [0.25, 0.3) is 10.9 Å². The van der Waals surface area contributed by atoms with E-state index in [1.807, 2.05) is 0 Å². The number of carboxylic acid groups (broad SMARTS) is 2. The Bertz CT molecular complexity index is 2520. The van der Waals surface area contributed by atoms with Gasteiger partial charge in [0.1, 0.15) is 54.9 Å². The highest BCUT2D eigenvalue weighted by molar-refractivity contribution is 7.80. The second-order valence-electron chi connectivity index (χ2n) is 18.0. The number of aliphatic imine (C=N–C) groups is 2. The van der Waals surface area contributed by atoms with Crippen LogP contribution in [0.2, 0.25) is 0 Å². The van der Waals surface area contributed by atoms with Crippen molar-refractivity contribution in [2.75, 3.05) is 31.1 Å². The summed E-state index contributed by atoms with van der Waals surface area (Å²) in [7, 11) is 0. The number of nitrogens with two attached hydrogens (primary N) is 5. The number of thiol groups is 2. The molecule has 2 rings (SSSR count). The molecule has 33 heteroatoms. The Morgan fingerprint density at radius 3 is 1.53 bits per heavy atom. The quantitative estimate of drug-likeness (QED) is 0.0132. The number of guanidine groups is 2. The Balaban J connectivity index is 2.38. The molecule has 0 bridgehead atoms. The van der Waals surface area contributed by atoms with Crippen LogP contribution in [0.5, 0.6) is 0 Å².